The Bertz CT molecular complexity index is 1330. The van der Waals surface area contributed by atoms with Crippen molar-refractivity contribution in [3.8, 4) is 0 Å². The van der Waals surface area contributed by atoms with Gasteiger partial charge in [-0.25, -0.2) is 9.69 Å². The molecule has 0 saturated carbocycles. The molecule has 3 aromatic rings. The predicted octanol–water partition coefficient (Wildman–Crippen LogP) is 5.24. The van der Waals surface area contributed by atoms with E-state index in [0.29, 0.717) is 5.02 Å². The monoisotopic (exact) mass is 502 g/mol. The van der Waals surface area contributed by atoms with Gasteiger partial charge in [-0.3, -0.25) is 14.4 Å². The van der Waals surface area contributed by atoms with Gasteiger partial charge in [0.25, 0.3) is 17.7 Å². The van der Waals surface area contributed by atoms with Gasteiger partial charge in [0.2, 0.25) is 0 Å². The van der Waals surface area contributed by atoms with Crippen molar-refractivity contribution < 1.29 is 23.9 Å². The summed E-state index contributed by atoms with van der Waals surface area (Å²) in [5.41, 5.74) is 0.677. The fraction of sp³-hybridized carbons (Fsp3) is 0.0435. The zero-order valence-corrected chi connectivity index (χ0v) is 18.9. The number of carbonyl (C=O) groups is 4. The molecule has 3 aromatic carbocycles. The molecule has 0 fully saturated rings. The van der Waals surface area contributed by atoms with Crippen LogP contribution in [-0.4, -0.2) is 30.3 Å². The van der Waals surface area contributed by atoms with E-state index < -0.39 is 30.3 Å². The number of esters is 1. The van der Waals surface area contributed by atoms with E-state index in [0.717, 1.165) is 4.90 Å². The maximum absolute atomic E-state index is 12.9. The third-order valence-corrected chi connectivity index (χ3v) is 5.64. The highest BCUT2D eigenvalue weighted by Crippen LogP contribution is 2.33. The molecule has 0 spiro atoms. The lowest BCUT2D eigenvalue weighted by molar-refractivity contribution is -0.119. The van der Waals surface area contributed by atoms with Crippen LogP contribution in [0.2, 0.25) is 15.1 Å². The number of ether oxygens (including phenoxy) is 1. The number of benzene rings is 3. The van der Waals surface area contributed by atoms with Gasteiger partial charge in [0.1, 0.15) is 0 Å². The summed E-state index contributed by atoms with van der Waals surface area (Å²) in [6.07, 6.45) is 0. The summed E-state index contributed by atoms with van der Waals surface area (Å²) in [6, 6.07) is 14.9. The van der Waals surface area contributed by atoms with E-state index in [-0.39, 0.29) is 38.1 Å². The number of amides is 3. The van der Waals surface area contributed by atoms with Crippen LogP contribution in [0.1, 0.15) is 31.1 Å². The second-order valence-corrected chi connectivity index (χ2v) is 8.16. The van der Waals surface area contributed by atoms with Gasteiger partial charge in [0.15, 0.2) is 6.61 Å². The lowest BCUT2D eigenvalue weighted by atomic mass is 10.1. The second kappa shape index (κ2) is 9.23. The molecular weight excluding hydrogens is 491 g/mol. The molecule has 0 radical (unpaired) electrons. The highest BCUT2D eigenvalue weighted by atomic mass is 35.5. The topological polar surface area (TPSA) is 92.8 Å². The van der Waals surface area contributed by atoms with Crippen molar-refractivity contribution in [3.05, 3.63) is 92.4 Å². The Hall–Kier alpha value is -3.39. The first-order valence-electron chi connectivity index (χ1n) is 9.45. The first-order valence-corrected chi connectivity index (χ1v) is 10.6. The van der Waals surface area contributed by atoms with Crippen molar-refractivity contribution in [2.45, 2.75) is 0 Å². The third kappa shape index (κ3) is 4.57. The molecule has 7 nitrogen and oxygen atoms in total. The van der Waals surface area contributed by atoms with Crippen molar-refractivity contribution in [3.63, 3.8) is 0 Å². The minimum absolute atomic E-state index is 0.00416. The van der Waals surface area contributed by atoms with Gasteiger partial charge in [-0.2, -0.15) is 0 Å². The van der Waals surface area contributed by atoms with Crippen LogP contribution in [0.25, 0.3) is 0 Å². The van der Waals surface area contributed by atoms with E-state index >= 15 is 0 Å². The first kappa shape index (κ1) is 22.8. The number of fused-ring (bicyclic) bond motifs is 1. The zero-order chi connectivity index (χ0) is 23.7. The molecule has 4 rings (SSSR count). The maximum Gasteiger partial charge on any atom is 0.338 e. The van der Waals surface area contributed by atoms with Gasteiger partial charge in [0, 0.05) is 5.02 Å². The Morgan fingerprint density at radius 3 is 2.33 bits per heavy atom. The molecule has 0 saturated heterocycles. The third-order valence-electron chi connectivity index (χ3n) is 4.75. The number of anilines is 2. The molecular formula is C23H13Cl3N2O5. The van der Waals surface area contributed by atoms with Crippen LogP contribution in [0.3, 0.4) is 0 Å². The number of nitrogens with zero attached hydrogens (tertiary/aromatic N) is 1. The molecule has 1 heterocycles. The number of hydrogen-bond acceptors (Lipinski definition) is 5. The molecule has 0 bridgehead atoms. The number of halogens is 3. The maximum atomic E-state index is 12.9. The van der Waals surface area contributed by atoms with Gasteiger partial charge in [0.05, 0.1) is 38.1 Å². The Kier molecular flexibility index (Phi) is 6.37. The van der Waals surface area contributed by atoms with E-state index in [2.05, 4.69) is 5.32 Å². The van der Waals surface area contributed by atoms with E-state index in [9.17, 15) is 19.2 Å². The Morgan fingerprint density at radius 2 is 1.58 bits per heavy atom. The summed E-state index contributed by atoms with van der Waals surface area (Å²) in [7, 11) is 0. The summed E-state index contributed by atoms with van der Waals surface area (Å²) in [6.45, 7) is -0.600. The number of imide groups is 1. The van der Waals surface area contributed by atoms with E-state index in [1.54, 1.807) is 30.3 Å². The van der Waals surface area contributed by atoms with Gasteiger partial charge < -0.3 is 10.1 Å². The van der Waals surface area contributed by atoms with Crippen LogP contribution in [0, 0.1) is 0 Å². The largest absolute Gasteiger partial charge is 0.452 e. The van der Waals surface area contributed by atoms with Crippen LogP contribution < -0.4 is 10.2 Å². The zero-order valence-electron chi connectivity index (χ0n) is 16.6. The van der Waals surface area contributed by atoms with Crippen LogP contribution in [0.5, 0.6) is 0 Å². The van der Waals surface area contributed by atoms with Crippen molar-refractivity contribution in [2.24, 2.45) is 0 Å². The Morgan fingerprint density at radius 1 is 0.848 bits per heavy atom. The highest BCUT2D eigenvalue weighted by molar-refractivity contribution is 6.40. The Labute approximate surface area is 202 Å². The first-order chi connectivity index (χ1) is 15.8. The molecule has 166 valence electrons. The van der Waals surface area contributed by atoms with Crippen molar-refractivity contribution in [2.75, 3.05) is 16.8 Å². The normalized spacial score (nSPS) is 12.5. The molecule has 33 heavy (non-hydrogen) atoms. The molecule has 0 aromatic heterocycles. The van der Waals surface area contributed by atoms with Crippen molar-refractivity contribution >= 4 is 69.9 Å². The van der Waals surface area contributed by atoms with E-state index in [1.165, 1.54) is 30.3 Å². The fourth-order valence-corrected chi connectivity index (χ4v) is 3.77. The Balaban J connectivity index is 1.46. The molecule has 0 atom stereocenters. The summed E-state index contributed by atoms with van der Waals surface area (Å²) in [5, 5.41) is 3.36. The average molecular weight is 504 g/mol. The van der Waals surface area contributed by atoms with Gasteiger partial charge in [-0.1, -0.05) is 46.9 Å². The van der Waals surface area contributed by atoms with Crippen LogP contribution >= 0.6 is 34.8 Å². The minimum Gasteiger partial charge on any atom is -0.452 e. The molecule has 0 aliphatic carbocycles. The quantitative estimate of drug-likeness (QED) is 0.379. The minimum atomic E-state index is -0.846. The smallest absolute Gasteiger partial charge is 0.338 e. The van der Waals surface area contributed by atoms with Crippen LogP contribution in [0.15, 0.2) is 60.7 Å². The standard InChI is InChI=1S/C23H13Cl3N2O5/c24-13-6-8-16(25)18(10-13)27-20(29)11-33-23(32)12-5-7-14-15(9-12)22(31)28(21(14)30)19-4-2-1-3-17(19)26/h1-10H,11H2,(H,27,29). The van der Waals surface area contributed by atoms with Gasteiger partial charge >= 0.3 is 5.97 Å². The lowest BCUT2D eigenvalue weighted by Crippen LogP contribution is -2.29. The van der Waals surface area contributed by atoms with Crippen molar-refractivity contribution in [1.29, 1.82) is 0 Å². The SMILES string of the molecule is O=C(COC(=O)c1ccc2c(c1)C(=O)N(c1ccccc1Cl)C2=O)Nc1cc(Cl)ccc1Cl. The molecule has 1 aliphatic heterocycles. The number of rotatable bonds is 5. The summed E-state index contributed by atoms with van der Waals surface area (Å²) in [4.78, 5) is 51.1. The molecule has 0 unspecified atom stereocenters. The fourth-order valence-electron chi connectivity index (χ4n) is 3.21. The van der Waals surface area contributed by atoms with Gasteiger partial charge in [-0.15, -0.1) is 0 Å². The lowest BCUT2D eigenvalue weighted by Gasteiger charge is -2.15. The van der Waals surface area contributed by atoms with Crippen LogP contribution in [-0.2, 0) is 9.53 Å². The van der Waals surface area contributed by atoms with E-state index in [1.807, 2.05) is 0 Å². The number of carbonyl (C=O) groups excluding carboxylic acids is 4. The second-order valence-electron chi connectivity index (χ2n) is 6.91. The highest BCUT2D eigenvalue weighted by Gasteiger charge is 2.38. The number of hydrogen-bond donors (Lipinski definition) is 1. The number of nitrogens with one attached hydrogen (secondary N) is 1. The molecule has 1 N–H and O–H groups in total. The summed E-state index contributed by atoms with van der Waals surface area (Å²) in [5.74, 6) is -2.65. The van der Waals surface area contributed by atoms with E-state index in [4.69, 9.17) is 39.5 Å². The van der Waals surface area contributed by atoms with Crippen molar-refractivity contribution in [1.82, 2.24) is 0 Å². The van der Waals surface area contributed by atoms with Gasteiger partial charge in [-0.05, 0) is 48.5 Å². The average Bonchev–Trinajstić information content (AvgIpc) is 3.04. The summed E-state index contributed by atoms with van der Waals surface area (Å²) < 4.78 is 5.03. The number of para-hydroxylation sites is 1. The molecule has 3 amide bonds. The summed E-state index contributed by atoms with van der Waals surface area (Å²) >= 11 is 18.0. The van der Waals surface area contributed by atoms with Crippen LogP contribution in [0.4, 0.5) is 11.4 Å². The predicted molar refractivity (Wildman–Crippen MR) is 124 cm³/mol. The molecule has 10 heteroatoms. The molecule has 1 aliphatic rings.